The van der Waals surface area contributed by atoms with Gasteiger partial charge in [-0.25, -0.2) is 9.78 Å². The lowest BCUT2D eigenvalue weighted by molar-refractivity contribution is 0.450. The largest absolute Gasteiger partial charge is 0.408 e. The molecule has 0 fully saturated rings. The van der Waals surface area contributed by atoms with E-state index in [0.29, 0.717) is 23.2 Å². The van der Waals surface area contributed by atoms with Crippen molar-refractivity contribution in [2.45, 2.75) is 13.3 Å². The van der Waals surface area contributed by atoms with Crippen LogP contribution in [0.15, 0.2) is 30.3 Å². The van der Waals surface area contributed by atoms with Gasteiger partial charge in [0.25, 0.3) is 0 Å². The summed E-state index contributed by atoms with van der Waals surface area (Å²) >= 11 is 6.69. The van der Waals surface area contributed by atoms with Gasteiger partial charge < -0.3 is 4.42 Å². The molecule has 0 saturated carbocycles. The van der Waals surface area contributed by atoms with Crippen LogP contribution < -0.4 is 5.63 Å². The van der Waals surface area contributed by atoms with Gasteiger partial charge in [0.15, 0.2) is 5.89 Å². The molecule has 2 aromatic rings. The molecular weight excluding hydrogens is 326 g/mol. The molecule has 0 atom stereocenters. The summed E-state index contributed by atoms with van der Waals surface area (Å²) in [5.41, 5.74) is 0.296. The first kappa shape index (κ1) is 10.8. The van der Waals surface area contributed by atoms with E-state index in [4.69, 9.17) is 4.42 Å². The molecule has 15 heavy (non-hydrogen) atoms. The Morgan fingerprint density at radius 2 is 2.13 bits per heavy atom. The van der Waals surface area contributed by atoms with Gasteiger partial charge in [-0.3, -0.25) is 0 Å². The van der Waals surface area contributed by atoms with Crippen LogP contribution in [0.25, 0.3) is 10.9 Å². The Hall–Kier alpha value is -0.680. The lowest BCUT2D eigenvalue weighted by atomic mass is 10.2. The van der Waals surface area contributed by atoms with Crippen molar-refractivity contribution in [2.75, 3.05) is 0 Å². The molecule has 0 N–H and O–H groups in total. The zero-order valence-corrected chi connectivity index (χ0v) is 11.1. The van der Waals surface area contributed by atoms with Gasteiger partial charge in [0.05, 0.1) is 10.9 Å². The Bertz CT molecular complexity index is 577. The summed E-state index contributed by atoms with van der Waals surface area (Å²) in [5.74, 6) is 0.454. The van der Waals surface area contributed by atoms with Gasteiger partial charge in [0.1, 0.15) is 0 Å². The molecule has 0 saturated heterocycles. The average Bonchev–Trinajstić information content (AvgIpc) is 2.19. The molecule has 78 valence electrons. The molecule has 0 bridgehead atoms. The van der Waals surface area contributed by atoms with E-state index in [1.165, 1.54) is 0 Å². The van der Waals surface area contributed by atoms with Crippen molar-refractivity contribution in [1.29, 1.82) is 0 Å². The van der Waals surface area contributed by atoms with Crippen molar-refractivity contribution < 1.29 is 4.42 Å². The van der Waals surface area contributed by atoms with E-state index in [0.717, 1.165) is 8.95 Å². The number of hydrogen-bond donors (Lipinski definition) is 0. The SMILES string of the molecule is CCc1nc2c(Br)cc(Br)cc2c(=O)o1. The highest BCUT2D eigenvalue weighted by Crippen LogP contribution is 2.25. The van der Waals surface area contributed by atoms with Crippen LogP contribution in [0.1, 0.15) is 12.8 Å². The number of benzene rings is 1. The first-order valence-corrected chi connectivity index (χ1v) is 5.99. The van der Waals surface area contributed by atoms with Crippen LogP contribution in [0.5, 0.6) is 0 Å². The first-order chi connectivity index (χ1) is 7.11. The minimum absolute atomic E-state index is 0.348. The number of rotatable bonds is 1. The molecule has 0 aliphatic carbocycles. The van der Waals surface area contributed by atoms with E-state index >= 15 is 0 Å². The first-order valence-electron chi connectivity index (χ1n) is 4.40. The predicted molar refractivity (Wildman–Crippen MR) is 65.1 cm³/mol. The molecule has 1 aromatic heterocycles. The van der Waals surface area contributed by atoms with Crippen LogP contribution in [0.3, 0.4) is 0 Å². The van der Waals surface area contributed by atoms with Gasteiger partial charge in [0.2, 0.25) is 0 Å². The minimum atomic E-state index is -0.348. The van der Waals surface area contributed by atoms with Gasteiger partial charge in [-0.05, 0) is 28.1 Å². The second-order valence-corrected chi connectivity index (χ2v) is 4.80. The molecule has 2 rings (SSSR count). The minimum Gasteiger partial charge on any atom is -0.408 e. The summed E-state index contributed by atoms with van der Waals surface area (Å²) in [5, 5.41) is 0.480. The summed E-state index contributed by atoms with van der Waals surface area (Å²) in [6, 6.07) is 3.56. The molecule has 5 heteroatoms. The van der Waals surface area contributed by atoms with Crippen LogP contribution in [0.2, 0.25) is 0 Å². The number of nitrogens with zero attached hydrogens (tertiary/aromatic N) is 1. The Morgan fingerprint density at radius 1 is 1.40 bits per heavy atom. The lowest BCUT2D eigenvalue weighted by Crippen LogP contribution is -2.05. The van der Waals surface area contributed by atoms with E-state index in [-0.39, 0.29) is 5.63 Å². The second kappa shape index (κ2) is 4.06. The molecule has 0 aliphatic heterocycles. The van der Waals surface area contributed by atoms with Crippen molar-refractivity contribution in [3.63, 3.8) is 0 Å². The van der Waals surface area contributed by atoms with Crippen LogP contribution in [0.4, 0.5) is 0 Å². The Morgan fingerprint density at radius 3 is 2.80 bits per heavy atom. The van der Waals surface area contributed by atoms with E-state index in [1.54, 1.807) is 6.07 Å². The molecule has 0 spiro atoms. The molecular formula is C10H7Br2NO2. The zero-order chi connectivity index (χ0) is 11.0. The fourth-order valence-electron chi connectivity index (χ4n) is 1.30. The Kier molecular flexibility index (Phi) is 2.93. The van der Waals surface area contributed by atoms with Gasteiger partial charge in [0, 0.05) is 15.4 Å². The van der Waals surface area contributed by atoms with Crippen molar-refractivity contribution >= 4 is 42.8 Å². The highest BCUT2D eigenvalue weighted by Gasteiger charge is 2.09. The van der Waals surface area contributed by atoms with Crippen molar-refractivity contribution in [2.24, 2.45) is 0 Å². The van der Waals surface area contributed by atoms with E-state index in [9.17, 15) is 4.79 Å². The quantitative estimate of drug-likeness (QED) is 0.805. The Balaban J connectivity index is 2.91. The fraction of sp³-hybridized carbons (Fsp3) is 0.200. The van der Waals surface area contributed by atoms with E-state index < -0.39 is 0 Å². The summed E-state index contributed by atoms with van der Waals surface area (Å²) in [6.45, 7) is 1.89. The summed E-state index contributed by atoms with van der Waals surface area (Å²) < 4.78 is 6.65. The van der Waals surface area contributed by atoms with Crippen LogP contribution in [-0.4, -0.2) is 4.98 Å². The van der Waals surface area contributed by atoms with Crippen LogP contribution in [-0.2, 0) is 6.42 Å². The number of fused-ring (bicyclic) bond motifs is 1. The lowest BCUT2D eigenvalue weighted by Gasteiger charge is -2.01. The number of aryl methyl sites for hydroxylation is 1. The topological polar surface area (TPSA) is 43.1 Å². The van der Waals surface area contributed by atoms with Gasteiger partial charge >= 0.3 is 5.63 Å². The highest BCUT2D eigenvalue weighted by atomic mass is 79.9. The van der Waals surface area contributed by atoms with Crippen molar-refractivity contribution in [3.8, 4) is 0 Å². The van der Waals surface area contributed by atoms with E-state index in [2.05, 4.69) is 36.8 Å². The molecule has 0 amide bonds. The third-order valence-corrected chi connectivity index (χ3v) is 3.06. The number of aromatic nitrogens is 1. The number of hydrogen-bond acceptors (Lipinski definition) is 3. The number of halogens is 2. The maximum atomic E-state index is 11.6. The second-order valence-electron chi connectivity index (χ2n) is 3.03. The summed E-state index contributed by atoms with van der Waals surface area (Å²) in [4.78, 5) is 15.9. The summed E-state index contributed by atoms with van der Waals surface area (Å²) in [7, 11) is 0. The molecule has 0 unspecified atom stereocenters. The monoisotopic (exact) mass is 331 g/mol. The van der Waals surface area contributed by atoms with Crippen molar-refractivity contribution in [1.82, 2.24) is 4.98 Å². The van der Waals surface area contributed by atoms with Crippen LogP contribution >= 0.6 is 31.9 Å². The fourth-order valence-corrected chi connectivity index (χ4v) is 2.61. The maximum absolute atomic E-state index is 11.6. The van der Waals surface area contributed by atoms with Gasteiger partial charge in [-0.2, -0.15) is 0 Å². The normalized spacial score (nSPS) is 10.9. The third-order valence-electron chi connectivity index (χ3n) is 2.00. The highest BCUT2D eigenvalue weighted by molar-refractivity contribution is 9.11. The van der Waals surface area contributed by atoms with Gasteiger partial charge in [-0.1, -0.05) is 22.9 Å². The molecule has 1 heterocycles. The molecule has 0 aliphatic rings. The predicted octanol–water partition coefficient (Wildman–Crippen LogP) is 3.28. The standard InChI is InChI=1S/C10H7Br2NO2/c1-2-8-13-9-6(10(14)15-8)3-5(11)4-7(9)12/h3-4H,2H2,1H3. The average molecular weight is 333 g/mol. The molecule has 1 aromatic carbocycles. The third kappa shape index (κ3) is 1.99. The van der Waals surface area contributed by atoms with Gasteiger partial charge in [-0.15, -0.1) is 0 Å². The summed E-state index contributed by atoms with van der Waals surface area (Å²) in [6.07, 6.45) is 0.605. The smallest absolute Gasteiger partial charge is 0.346 e. The van der Waals surface area contributed by atoms with E-state index in [1.807, 2.05) is 13.0 Å². The molecule has 3 nitrogen and oxygen atoms in total. The van der Waals surface area contributed by atoms with Crippen molar-refractivity contribution in [3.05, 3.63) is 37.4 Å². The molecule has 0 radical (unpaired) electrons. The Labute approximate surface area is 103 Å². The van der Waals surface area contributed by atoms with Crippen LogP contribution in [0, 0.1) is 0 Å². The zero-order valence-electron chi connectivity index (χ0n) is 7.88. The maximum Gasteiger partial charge on any atom is 0.346 e.